The Morgan fingerprint density at radius 3 is 3.06 bits per heavy atom. The molecule has 1 heterocycles. The highest BCUT2D eigenvalue weighted by atomic mass is 16.6. The summed E-state index contributed by atoms with van der Waals surface area (Å²) in [4.78, 5) is 11.8. The van der Waals surface area contributed by atoms with Crippen molar-refractivity contribution in [2.75, 3.05) is 18.5 Å². The van der Waals surface area contributed by atoms with E-state index in [-0.39, 0.29) is 5.97 Å². The van der Waals surface area contributed by atoms with Crippen LogP contribution in [0.4, 0.5) is 5.69 Å². The number of carbonyl (C=O) groups is 1. The van der Waals surface area contributed by atoms with Crippen LogP contribution in [0, 0.1) is 5.92 Å². The first kappa shape index (κ1) is 11.4. The fraction of sp³-hybridized carbons (Fsp3) is 0.500. The number of anilines is 1. The SMILES string of the molecule is O=C(OCCC1CC1)C1CNc2ccccc2O1. The molecule has 4 heteroatoms. The molecule has 1 unspecified atom stereocenters. The van der Waals surface area contributed by atoms with Crippen molar-refractivity contribution in [1.29, 1.82) is 0 Å². The van der Waals surface area contributed by atoms with Gasteiger partial charge in [-0.05, 0) is 24.5 Å². The number of esters is 1. The molecule has 3 rings (SSSR count). The van der Waals surface area contributed by atoms with Gasteiger partial charge >= 0.3 is 5.97 Å². The molecule has 1 aliphatic carbocycles. The van der Waals surface area contributed by atoms with Crippen molar-refractivity contribution in [1.82, 2.24) is 0 Å². The minimum absolute atomic E-state index is 0.266. The maximum atomic E-state index is 11.8. The predicted molar refractivity (Wildman–Crippen MR) is 67.6 cm³/mol. The van der Waals surface area contributed by atoms with Crippen LogP contribution in [0.15, 0.2) is 24.3 Å². The average Bonchev–Trinajstić information content (AvgIpc) is 3.22. The smallest absolute Gasteiger partial charge is 0.349 e. The third kappa shape index (κ3) is 2.58. The van der Waals surface area contributed by atoms with Gasteiger partial charge < -0.3 is 14.8 Å². The van der Waals surface area contributed by atoms with Crippen LogP contribution in [-0.4, -0.2) is 25.2 Å². The Kier molecular flexibility index (Phi) is 3.09. The van der Waals surface area contributed by atoms with Crippen LogP contribution < -0.4 is 10.1 Å². The minimum atomic E-state index is -0.529. The number of rotatable bonds is 4. The summed E-state index contributed by atoms with van der Waals surface area (Å²) >= 11 is 0. The van der Waals surface area contributed by atoms with E-state index < -0.39 is 6.10 Å². The Labute approximate surface area is 106 Å². The summed E-state index contributed by atoms with van der Waals surface area (Å²) in [5.41, 5.74) is 0.930. The second-order valence-corrected chi connectivity index (χ2v) is 4.88. The van der Waals surface area contributed by atoms with Gasteiger partial charge in [-0.15, -0.1) is 0 Å². The molecule has 1 fully saturated rings. The van der Waals surface area contributed by atoms with Crippen molar-refractivity contribution in [3.63, 3.8) is 0 Å². The molecule has 1 aliphatic heterocycles. The quantitative estimate of drug-likeness (QED) is 0.829. The molecule has 1 N–H and O–H groups in total. The third-order valence-corrected chi connectivity index (χ3v) is 3.36. The van der Waals surface area contributed by atoms with Crippen molar-refractivity contribution >= 4 is 11.7 Å². The third-order valence-electron chi connectivity index (χ3n) is 3.36. The van der Waals surface area contributed by atoms with Crippen LogP contribution in [0.5, 0.6) is 5.75 Å². The van der Waals surface area contributed by atoms with Gasteiger partial charge in [0.25, 0.3) is 0 Å². The predicted octanol–water partition coefficient (Wildman–Crippen LogP) is 2.20. The summed E-state index contributed by atoms with van der Waals surface area (Å²) in [7, 11) is 0. The van der Waals surface area contributed by atoms with E-state index in [0.29, 0.717) is 18.9 Å². The van der Waals surface area contributed by atoms with Crippen molar-refractivity contribution in [2.45, 2.75) is 25.4 Å². The van der Waals surface area contributed by atoms with E-state index in [1.165, 1.54) is 12.8 Å². The fourth-order valence-electron chi connectivity index (χ4n) is 2.07. The van der Waals surface area contributed by atoms with E-state index in [1.807, 2.05) is 24.3 Å². The molecule has 1 saturated carbocycles. The molecule has 96 valence electrons. The Bertz CT molecular complexity index is 442. The van der Waals surface area contributed by atoms with Crippen molar-refractivity contribution in [3.8, 4) is 5.75 Å². The largest absolute Gasteiger partial charge is 0.475 e. The number of hydrogen-bond acceptors (Lipinski definition) is 4. The van der Waals surface area contributed by atoms with Crippen LogP contribution >= 0.6 is 0 Å². The van der Waals surface area contributed by atoms with Gasteiger partial charge in [0.2, 0.25) is 6.10 Å². The van der Waals surface area contributed by atoms with Gasteiger partial charge in [0.05, 0.1) is 18.8 Å². The van der Waals surface area contributed by atoms with Crippen molar-refractivity contribution < 1.29 is 14.3 Å². The Morgan fingerprint density at radius 2 is 2.22 bits per heavy atom. The second-order valence-electron chi connectivity index (χ2n) is 4.88. The summed E-state index contributed by atoms with van der Waals surface area (Å²) in [6.07, 6.45) is 3.03. The van der Waals surface area contributed by atoms with Crippen LogP contribution in [0.25, 0.3) is 0 Å². The van der Waals surface area contributed by atoms with E-state index >= 15 is 0 Å². The van der Waals surface area contributed by atoms with Gasteiger partial charge in [0, 0.05) is 0 Å². The van der Waals surface area contributed by atoms with Gasteiger partial charge in [-0.3, -0.25) is 0 Å². The topological polar surface area (TPSA) is 47.6 Å². The first-order chi connectivity index (χ1) is 8.83. The van der Waals surface area contributed by atoms with E-state index in [9.17, 15) is 4.79 Å². The fourth-order valence-corrected chi connectivity index (χ4v) is 2.07. The molecule has 4 nitrogen and oxygen atoms in total. The molecule has 1 aromatic rings. The molecule has 18 heavy (non-hydrogen) atoms. The first-order valence-corrected chi connectivity index (χ1v) is 6.49. The minimum Gasteiger partial charge on any atom is -0.475 e. The lowest BCUT2D eigenvalue weighted by Gasteiger charge is -2.25. The number of ether oxygens (including phenoxy) is 2. The van der Waals surface area contributed by atoms with E-state index in [0.717, 1.165) is 18.0 Å². The van der Waals surface area contributed by atoms with E-state index in [2.05, 4.69) is 5.32 Å². The Morgan fingerprint density at radius 1 is 1.39 bits per heavy atom. The number of nitrogens with one attached hydrogen (secondary N) is 1. The van der Waals surface area contributed by atoms with Gasteiger partial charge in [-0.1, -0.05) is 25.0 Å². The summed E-state index contributed by atoms with van der Waals surface area (Å²) in [5.74, 6) is 1.23. The zero-order valence-electron chi connectivity index (χ0n) is 10.2. The average molecular weight is 247 g/mol. The lowest BCUT2D eigenvalue weighted by atomic mass is 10.2. The molecular weight excluding hydrogens is 230 g/mol. The molecular formula is C14H17NO3. The zero-order valence-corrected chi connectivity index (χ0v) is 10.2. The highest BCUT2D eigenvalue weighted by Crippen LogP contribution is 2.32. The highest BCUT2D eigenvalue weighted by Gasteiger charge is 2.28. The van der Waals surface area contributed by atoms with Crippen LogP contribution in [0.2, 0.25) is 0 Å². The normalized spacial score (nSPS) is 21.4. The van der Waals surface area contributed by atoms with Gasteiger partial charge in [-0.2, -0.15) is 0 Å². The van der Waals surface area contributed by atoms with Crippen molar-refractivity contribution in [2.24, 2.45) is 5.92 Å². The molecule has 0 radical (unpaired) electrons. The molecule has 0 amide bonds. The molecule has 0 spiro atoms. The van der Waals surface area contributed by atoms with Gasteiger partial charge in [0.15, 0.2) is 0 Å². The summed E-state index contributed by atoms with van der Waals surface area (Å²) in [6.45, 7) is 0.990. The number of benzene rings is 1. The van der Waals surface area contributed by atoms with Gasteiger partial charge in [-0.25, -0.2) is 4.79 Å². The standard InChI is InChI=1S/C14H17NO3/c16-14(17-8-7-10-5-6-10)13-9-15-11-3-1-2-4-12(11)18-13/h1-4,10,13,15H,5-9H2. The summed E-state index contributed by atoms with van der Waals surface area (Å²) in [6, 6.07) is 7.61. The van der Waals surface area contributed by atoms with E-state index in [1.54, 1.807) is 0 Å². The molecule has 0 bridgehead atoms. The van der Waals surface area contributed by atoms with Crippen LogP contribution in [0.1, 0.15) is 19.3 Å². The summed E-state index contributed by atoms with van der Waals surface area (Å²) < 4.78 is 10.9. The molecule has 1 aromatic carbocycles. The van der Waals surface area contributed by atoms with Crippen LogP contribution in [0.3, 0.4) is 0 Å². The lowest BCUT2D eigenvalue weighted by molar-refractivity contribution is -0.151. The van der Waals surface area contributed by atoms with Crippen LogP contribution in [-0.2, 0) is 9.53 Å². The number of hydrogen-bond donors (Lipinski definition) is 1. The maximum Gasteiger partial charge on any atom is 0.349 e. The molecule has 0 aromatic heterocycles. The van der Waals surface area contributed by atoms with E-state index in [4.69, 9.17) is 9.47 Å². The molecule has 0 saturated heterocycles. The Hall–Kier alpha value is -1.71. The number of fused-ring (bicyclic) bond motifs is 1. The first-order valence-electron chi connectivity index (χ1n) is 6.49. The monoisotopic (exact) mass is 247 g/mol. The van der Waals surface area contributed by atoms with Crippen molar-refractivity contribution in [3.05, 3.63) is 24.3 Å². The molecule has 1 atom stereocenters. The number of para-hydroxylation sites is 2. The lowest BCUT2D eigenvalue weighted by Crippen LogP contribution is -2.39. The second kappa shape index (κ2) is 4.88. The highest BCUT2D eigenvalue weighted by molar-refractivity contribution is 5.77. The zero-order chi connectivity index (χ0) is 12.4. The molecule has 2 aliphatic rings. The maximum absolute atomic E-state index is 11.8. The summed E-state index contributed by atoms with van der Waals surface area (Å²) in [5, 5.41) is 3.18. The number of carbonyl (C=O) groups excluding carboxylic acids is 1. The Balaban J connectivity index is 1.52. The van der Waals surface area contributed by atoms with Gasteiger partial charge in [0.1, 0.15) is 5.75 Å².